The summed E-state index contributed by atoms with van der Waals surface area (Å²) in [6.45, 7) is 0.237. The highest BCUT2D eigenvalue weighted by molar-refractivity contribution is 6.02. The van der Waals surface area contributed by atoms with Crippen LogP contribution < -0.4 is 4.90 Å². The number of hydrogen-bond acceptors (Lipinski definition) is 2. The third-order valence-corrected chi connectivity index (χ3v) is 3.42. The SMILES string of the molecule is O=C(O)c1ccc(C(F)(F)F)cc1N1CCCCCC1=O. The Hall–Kier alpha value is -2.05. The first-order valence-corrected chi connectivity index (χ1v) is 6.55. The summed E-state index contributed by atoms with van der Waals surface area (Å²) in [5.74, 6) is -1.69. The molecule has 1 aromatic carbocycles. The minimum Gasteiger partial charge on any atom is -0.478 e. The van der Waals surface area contributed by atoms with Crippen LogP contribution in [0, 0.1) is 0 Å². The first-order valence-electron chi connectivity index (χ1n) is 6.55. The van der Waals surface area contributed by atoms with Crippen LogP contribution in [0.2, 0.25) is 0 Å². The number of alkyl halides is 3. The van der Waals surface area contributed by atoms with Crippen LogP contribution >= 0.6 is 0 Å². The van der Waals surface area contributed by atoms with E-state index in [1.165, 1.54) is 0 Å². The predicted octanol–water partition coefficient (Wildman–Crippen LogP) is 3.31. The average Bonchev–Trinajstić information content (AvgIpc) is 2.61. The van der Waals surface area contributed by atoms with Gasteiger partial charge in [-0.25, -0.2) is 4.79 Å². The van der Waals surface area contributed by atoms with Crippen molar-refractivity contribution in [1.82, 2.24) is 0 Å². The molecular weight excluding hydrogens is 287 g/mol. The molecule has 1 N–H and O–H groups in total. The van der Waals surface area contributed by atoms with Gasteiger partial charge in [-0.2, -0.15) is 13.2 Å². The second kappa shape index (κ2) is 5.75. The van der Waals surface area contributed by atoms with Gasteiger partial charge in [0, 0.05) is 13.0 Å². The van der Waals surface area contributed by atoms with Gasteiger partial charge in [0.1, 0.15) is 0 Å². The van der Waals surface area contributed by atoms with Gasteiger partial charge < -0.3 is 10.0 Å². The van der Waals surface area contributed by atoms with E-state index in [0.29, 0.717) is 12.8 Å². The van der Waals surface area contributed by atoms with Crippen molar-refractivity contribution in [1.29, 1.82) is 0 Å². The Balaban J connectivity index is 2.52. The summed E-state index contributed by atoms with van der Waals surface area (Å²) in [4.78, 5) is 24.4. The second-order valence-corrected chi connectivity index (χ2v) is 4.89. The molecular formula is C14H14F3NO3. The first-order chi connectivity index (χ1) is 9.80. The van der Waals surface area contributed by atoms with Crippen LogP contribution in [-0.4, -0.2) is 23.5 Å². The maximum Gasteiger partial charge on any atom is 0.416 e. The van der Waals surface area contributed by atoms with Crippen LogP contribution in [0.4, 0.5) is 18.9 Å². The molecule has 7 heteroatoms. The number of halogens is 3. The van der Waals surface area contributed by atoms with Crippen LogP contribution in [0.1, 0.15) is 41.6 Å². The Kier molecular flexibility index (Phi) is 4.20. The van der Waals surface area contributed by atoms with Gasteiger partial charge in [-0.1, -0.05) is 6.42 Å². The third kappa shape index (κ3) is 3.34. The Morgan fingerprint density at radius 2 is 1.90 bits per heavy atom. The van der Waals surface area contributed by atoms with Crippen molar-refractivity contribution >= 4 is 17.6 Å². The Labute approximate surface area is 119 Å². The van der Waals surface area contributed by atoms with E-state index in [-0.39, 0.29) is 30.1 Å². The summed E-state index contributed by atoms with van der Waals surface area (Å²) >= 11 is 0. The highest BCUT2D eigenvalue weighted by atomic mass is 19.4. The number of hydrogen-bond donors (Lipinski definition) is 1. The van der Waals surface area contributed by atoms with E-state index in [9.17, 15) is 22.8 Å². The molecule has 0 bridgehead atoms. The smallest absolute Gasteiger partial charge is 0.416 e. The molecule has 114 valence electrons. The highest BCUT2D eigenvalue weighted by Crippen LogP contribution is 2.34. The van der Waals surface area contributed by atoms with Crippen molar-refractivity contribution in [3.8, 4) is 0 Å². The van der Waals surface area contributed by atoms with Gasteiger partial charge in [-0.05, 0) is 31.0 Å². The van der Waals surface area contributed by atoms with E-state index in [2.05, 4.69) is 0 Å². The number of amides is 1. The molecule has 21 heavy (non-hydrogen) atoms. The van der Waals surface area contributed by atoms with Crippen molar-refractivity contribution < 1.29 is 27.9 Å². The van der Waals surface area contributed by atoms with Crippen molar-refractivity contribution in [3.63, 3.8) is 0 Å². The minimum atomic E-state index is -4.58. The fraction of sp³-hybridized carbons (Fsp3) is 0.429. The zero-order valence-corrected chi connectivity index (χ0v) is 11.1. The average molecular weight is 301 g/mol. The maximum atomic E-state index is 12.8. The zero-order chi connectivity index (χ0) is 15.6. The molecule has 1 aromatic rings. The molecule has 1 aliphatic rings. The second-order valence-electron chi connectivity index (χ2n) is 4.89. The molecule has 0 saturated carbocycles. The van der Waals surface area contributed by atoms with Crippen molar-refractivity contribution in [3.05, 3.63) is 29.3 Å². The number of carbonyl (C=O) groups is 2. The van der Waals surface area contributed by atoms with Crippen LogP contribution in [0.5, 0.6) is 0 Å². The van der Waals surface area contributed by atoms with Crippen molar-refractivity contribution in [2.45, 2.75) is 31.9 Å². The van der Waals surface area contributed by atoms with E-state index in [4.69, 9.17) is 5.11 Å². The highest BCUT2D eigenvalue weighted by Gasteiger charge is 2.33. The molecule has 1 aliphatic heterocycles. The summed E-state index contributed by atoms with van der Waals surface area (Å²) in [5, 5.41) is 9.13. The van der Waals surface area contributed by atoms with Gasteiger partial charge in [-0.3, -0.25) is 4.79 Å². The number of nitrogens with zero attached hydrogens (tertiary/aromatic N) is 1. The maximum absolute atomic E-state index is 12.8. The number of carbonyl (C=O) groups excluding carboxylic acids is 1. The molecule has 0 atom stereocenters. The van der Waals surface area contributed by atoms with Crippen molar-refractivity contribution in [2.75, 3.05) is 11.4 Å². The summed E-state index contributed by atoms with van der Waals surface area (Å²) in [5.41, 5.74) is -1.43. The summed E-state index contributed by atoms with van der Waals surface area (Å²) in [6.07, 6.45) is -2.27. The van der Waals surface area contributed by atoms with E-state index >= 15 is 0 Å². The van der Waals surface area contributed by atoms with Crippen molar-refractivity contribution in [2.24, 2.45) is 0 Å². The summed E-state index contributed by atoms with van der Waals surface area (Å²) in [7, 11) is 0. The van der Waals surface area contributed by atoms with Gasteiger partial charge >= 0.3 is 12.1 Å². The topological polar surface area (TPSA) is 57.6 Å². The standard InChI is InChI=1S/C14H14F3NO3/c15-14(16,17)9-5-6-10(13(20)21)11(8-9)18-7-3-1-2-4-12(18)19/h5-6,8H,1-4,7H2,(H,20,21). The molecule has 0 spiro atoms. The van der Waals surface area contributed by atoms with Crippen LogP contribution in [0.3, 0.4) is 0 Å². The molecule has 0 aromatic heterocycles. The van der Waals surface area contributed by atoms with Gasteiger partial charge in [0.2, 0.25) is 5.91 Å². The summed E-state index contributed by atoms with van der Waals surface area (Å²) in [6, 6.07) is 2.36. The van der Waals surface area contributed by atoms with E-state index in [1.54, 1.807) is 0 Å². The Morgan fingerprint density at radius 3 is 2.52 bits per heavy atom. The number of carboxylic acids is 1. The molecule has 1 heterocycles. The molecule has 1 amide bonds. The first kappa shape index (κ1) is 15.3. The Morgan fingerprint density at radius 1 is 1.19 bits per heavy atom. The van der Waals surface area contributed by atoms with Gasteiger partial charge in [0.25, 0.3) is 0 Å². The molecule has 1 fully saturated rings. The van der Waals surface area contributed by atoms with E-state index < -0.39 is 17.7 Å². The minimum absolute atomic E-state index is 0.177. The number of carboxylic acid groups (broad SMARTS) is 1. The Bertz CT molecular complexity index is 569. The lowest BCUT2D eigenvalue weighted by Crippen LogP contribution is -2.31. The number of anilines is 1. The largest absolute Gasteiger partial charge is 0.478 e. The molecule has 0 aliphatic carbocycles. The quantitative estimate of drug-likeness (QED) is 0.911. The molecule has 0 unspecified atom stereocenters. The molecule has 0 radical (unpaired) electrons. The van der Waals surface area contributed by atoms with E-state index in [0.717, 1.165) is 29.5 Å². The van der Waals surface area contributed by atoms with Crippen LogP contribution in [0.15, 0.2) is 18.2 Å². The lowest BCUT2D eigenvalue weighted by atomic mass is 10.1. The molecule has 1 saturated heterocycles. The summed E-state index contributed by atoms with van der Waals surface area (Å²) < 4.78 is 38.4. The fourth-order valence-electron chi connectivity index (χ4n) is 2.35. The zero-order valence-electron chi connectivity index (χ0n) is 11.1. The fourth-order valence-corrected chi connectivity index (χ4v) is 2.35. The number of aromatic carboxylic acids is 1. The number of rotatable bonds is 2. The lowest BCUT2D eigenvalue weighted by Gasteiger charge is -2.23. The normalized spacial score (nSPS) is 16.7. The molecule has 4 nitrogen and oxygen atoms in total. The van der Waals surface area contributed by atoms with Gasteiger partial charge in [0.05, 0.1) is 16.8 Å². The lowest BCUT2D eigenvalue weighted by molar-refractivity contribution is -0.137. The van der Waals surface area contributed by atoms with E-state index in [1.807, 2.05) is 0 Å². The van der Waals surface area contributed by atoms with Crippen LogP contribution in [0.25, 0.3) is 0 Å². The van der Waals surface area contributed by atoms with Gasteiger partial charge in [0.15, 0.2) is 0 Å². The monoisotopic (exact) mass is 301 g/mol. The predicted molar refractivity (Wildman–Crippen MR) is 69.2 cm³/mol. The van der Waals surface area contributed by atoms with Crippen LogP contribution in [-0.2, 0) is 11.0 Å². The third-order valence-electron chi connectivity index (χ3n) is 3.42. The van der Waals surface area contributed by atoms with Gasteiger partial charge in [-0.15, -0.1) is 0 Å². The molecule has 2 rings (SSSR count). The number of benzene rings is 1.